The molecule has 3 heteroatoms. The third-order valence-electron chi connectivity index (χ3n) is 4.43. The zero-order chi connectivity index (χ0) is 17.1. The monoisotopic (exact) mass is 320 g/mol. The molecular formula is C21H24N2O. The van der Waals surface area contributed by atoms with Crippen molar-refractivity contribution >= 4 is 23.5 Å². The number of ether oxygens (including phenoxy) is 1. The molecule has 3 nitrogen and oxygen atoms in total. The highest BCUT2D eigenvalue weighted by Crippen LogP contribution is 2.31. The minimum Gasteiger partial charge on any atom is -0.497 e. The molecule has 2 aromatic rings. The van der Waals surface area contributed by atoms with E-state index in [0.717, 1.165) is 5.75 Å². The van der Waals surface area contributed by atoms with Gasteiger partial charge in [0, 0.05) is 32.5 Å². The Bertz CT molecular complexity index is 760. The van der Waals surface area contributed by atoms with Crippen molar-refractivity contribution in [3.05, 3.63) is 65.7 Å². The smallest absolute Gasteiger partial charge is 0.118 e. The number of hydrogen-bond donors (Lipinski definition) is 0. The van der Waals surface area contributed by atoms with Crippen molar-refractivity contribution in [2.45, 2.75) is 6.04 Å². The van der Waals surface area contributed by atoms with Crippen LogP contribution in [0, 0.1) is 0 Å². The van der Waals surface area contributed by atoms with E-state index < -0.39 is 0 Å². The van der Waals surface area contributed by atoms with Gasteiger partial charge in [-0.2, -0.15) is 0 Å². The van der Waals surface area contributed by atoms with Gasteiger partial charge in [0.1, 0.15) is 5.75 Å². The summed E-state index contributed by atoms with van der Waals surface area (Å²) < 4.78 is 5.20. The van der Waals surface area contributed by atoms with E-state index in [-0.39, 0.29) is 6.04 Å². The molecule has 0 saturated heterocycles. The predicted octanol–water partition coefficient (Wildman–Crippen LogP) is 4.31. The van der Waals surface area contributed by atoms with Crippen LogP contribution in [0.15, 0.2) is 54.6 Å². The maximum Gasteiger partial charge on any atom is 0.118 e. The molecule has 0 N–H and O–H groups in total. The number of fused-ring (bicyclic) bond motifs is 1. The number of benzene rings is 2. The van der Waals surface area contributed by atoms with Crippen LogP contribution in [0.4, 0.5) is 11.4 Å². The molecule has 0 spiro atoms. The van der Waals surface area contributed by atoms with Crippen LogP contribution in [0.5, 0.6) is 5.75 Å². The minimum absolute atomic E-state index is 0.254. The Kier molecular flexibility index (Phi) is 4.61. The van der Waals surface area contributed by atoms with Crippen molar-refractivity contribution in [3.8, 4) is 5.75 Å². The van der Waals surface area contributed by atoms with Gasteiger partial charge in [0.15, 0.2) is 0 Å². The number of methoxy groups -OCH3 is 1. The Morgan fingerprint density at radius 2 is 1.83 bits per heavy atom. The Balaban J connectivity index is 1.78. The average Bonchev–Trinajstić information content (AvgIpc) is 2.61. The molecule has 2 aromatic carbocycles. The first-order chi connectivity index (χ1) is 11.6. The molecule has 0 bridgehead atoms. The van der Waals surface area contributed by atoms with E-state index in [4.69, 9.17) is 4.74 Å². The molecule has 1 aliphatic heterocycles. The first kappa shape index (κ1) is 16.2. The largest absolute Gasteiger partial charge is 0.497 e. The van der Waals surface area contributed by atoms with Gasteiger partial charge >= 0.3 is 0 Å². The van der Waals surface area contributed by atoms with Crippen molar-refractivity contribution in [3.63, 3.8) is 0 Å². The van der Waals surface area contributed by atoms with Gasteiger partial charge in [-0.05, 0) is 41.5 Å². The number of hydrogen-bond acceptors (Lipinski definition) is 3. The second-order valence-corrected chi connectivity index (χ2v) is 6.23. The maximum absolute atomic E-state index is 5.20. The average molecular weight is 320 g/mol. The molecule has 0 aliphatic carbocycles. The van der Waals surface area contributed by atoms with Crippen LogP contribution in [0.2, 0.25) is 0 Å². The molecule has 0 radical (unpaired) electrons. The van der Waals surface area contributed by atoms with E-state index in [9.17, 15) is 0 Å². The lowest BCUT2D eigenvalue weighted by Gasteiger charge is -2.31. The van der Waals surface area contributed by atoms with Crippen LogP contribution >= 0.6 is 0 Å². The third kappa shape index (κ3) is 3.30. The molecular weight excluding hydrogens is 296 g/mol. The normalized spacial score (nSPS) is 16.3. The maximum atomic E-state index is 5.20. The summed E-state index contributed by atoms with van der Waals surface area (Å²) in [5.74, 6) is 0.882. The first-order valence-corrected chi connectivity index (χ1v) is 8.13. The molecule has 0 aromatic heterocycles. The summed E-state index contributed by atoms with van der Waals surface area (Å²) in [6.07, 6.45) is 8.83. The fourth-order valence-corrected chi connectivity index (χ4v) is 2.88. The SMILES string of the molecule is COc1ccc(/C=C/C2C=Cc3cc(N(C)C)ccc3N2C)cc1. The van der Waals surface area contributed by atoms with Crippen molar-refractivity contribution in [1.29, 1.82) is 0 Å². The second-order valence-electron chi connectivity index (χ2n) is 6.23. The van der Waals surface area contributed by atoms with Gasteiger partial charge in [0.2, 0.25) is 0 Å². The molecule has 0 amide bonds. The topological polar surface area (TPSA) is 15.7 Å². The summed E-state index contributed by atoms with van der Waals surface area (Å²) in [6.45, 7) is 0. The lowest BCUT2D eigenvalue weighted by molar-refractivity contribution is 0.415. The third-order valence-corrected chi connectivity index (χ3v) is 4.43. The Morgan fingerprint density at radius 1 is 1.08 bits per heavy atom. The van der Waals surface area contributed by atoms with Gasteiger partial charge in [-0.25, -0.2) is 0 Å². The van der Waals surface area contributed by atoms with Crippen LogP contribution in [0.3, 0.4) is 0 Å². The Labute approximate surface area is 144 Å². The molecule has 1 heterocycles. The zero-order valence-electron chi connectivity index (χ0n) is 14.7. The van der Waals surface area contributed by atoms with E-state index >= 15 is 0 Å². The van der Waals surface area contributed by atoms with Crippen molar-refractivity contribution in [2.24, 2.45) is 0 Å². The van der Waals surface area contributed by atoms with Gasteiger partial charge in [-0.1, -0.05) is 36.4 Å². The van der Waals surface area contributed by atoms with Crippen LogP contribution < -0.4 is 14.5 Å². The van der Waals surface area contributed by atoms with Crippen molar-refractivity contribution < 1.29 is 4.74 Å². The van der Waals surface area contributed by atoms with Crippen LogP contribution in [-0.2, 0) is 0 Å². The standard InChI is InChI=1S/C21H24N2O/c1-22(2)19-11-14-21-17(15-19)8-10-18(23(21)3)9-5-16-6-12-20(24-4)13-7-16/h5-15,18H,1-4H3/b9-5+. The summed E-state index contributed by atoms with van der Waals surface area (Å²) in [4.78, 5) is 4.43. The molecule has 3 rings (SSSR count). The molecule has 0 fully saturated rings. The van der Waals surface area contributed by atoms with Crippen molar-refractivity contribution in [1.82, 2.24) is 0 Å². The lowest BCUT2D eigenvalue weighted by atomic mass is 10.0. The fraction of sp³-hybridized carbons (Fsp3) is 0.238. The van der Waals surface area contributed by atoms with E-state index in [1.807, 2.05) is 12.1 Å². The summed E-state index contributed by atoms with van der Waals surface area (Å²) >= 11 is 0. The lowest BCUT2D eigenvalue weighted by Crippen LogP contribution is -2.30. The van der Waals surface area contributed by atoms with Gasteiger partial charge in [0.05, 0.1) is 13.2 Å². The minimum atomic E-state index is 0.254. The summed E-state index contributed by atoms with van der Waals surface area (Å²) in [6, 6.07) is 15.0. The first-order valence-electron chi connectivity index (χ1n) is 8.13. The van der Waals surface area contributed by atoms with E-state index in [0.29, 0.717) is 0 Å². The van der Waals surface area contributed by atoms with Crippen LogP contribution in [0.1, 0.15) is 11.1 Å². The number of anilines is 2. The summed E-state index contributed by atoms with van der Waals surface area (Å²) in [5.41, 5.74) is 4.91. The summed E-state index contributed by atoms with van der Waals surface area (Å²) in [7, 11) is 7.96. The van der Waals surface area contributed by atoms with Gasteiger partial charge in [-0.15, -0.1) is 0 Å². The highest BCUT2D eigenvalue weighted by atomic mass is 16.5. The summed E-state index contributed by atoms with van der Waals surface area (Å²) in [5, 5.41) is 0. The molecule has 1 atom stereocenters. The fourth-order valence-electron chi connectivity index (χ4n) is 2.88. The number of rotatable bonds is 4. The second kappa shape index (κ2) is 6.83. The Morgan fingerprint density at radius 3 is 2.50 bits per heavy atom. The van der Waals surface area contributed by atoms with Crippen molar-refractivity contribution in [2.75, 3.05) is 38.1 Å². The van der Waals surface area contributed by atoms with Crippen LogP contribution in [-0.4, -0.2) is 34.3 Å². The highest BCUT2D eigenvalue weighted by molar-refractivity contribution is 5.76. The molecule has 24 heavy (non-hydrogen) atoms. The molecule has 0 saturated carbocycles. The van der Waals surface area contributed by atoms with Crippen LogP contribution in [0.25, 0.3) is 12.2 Å². The zero-order valence-corrected chi connectivity index (χ0v) is 14.7. The van der Waals surface area contributed by atoms with E-state index in [1.165, 1.54) is 22.5 Å². The van der Waals surface area contributed by atoms with Gasteiger partial charge < -0.3 is 14.5 Å². The van der Waals surface area contributed by atoms with E-state index in [2.05, 4.69) is 85.6 Å². The molecule has 1 unspecified atom stereocenters. The molecule has 1 aliphatic rings. The van der Waals surface area contributed by atoms with E-state index in [1.54, 1.807) is 7.11 Å². The molecule has 124 valence electrons. The van der Waals surface area contributed by atoms with Gasteiger partial charge in [0.25, 0.3) is 0 Å². The predicted molar refractivity (Wildman–Crippen MR) is 104 cm³/mol. The number of likely N-dealkylation sites (N-methyl/N-ethyl adjacent to an activating group) is 1. The quantitative estimate of drug-likeness (QED) is 0.835. The Hall–Kier alpha value is -2.68. The highest BCUT2D eigenvalue weighted by Gasteiger charge is 2.17. The van der Waals surface area contributed by atoms with Gasteiger partial charge in [-0.3, -0.25) is 0 Å². The number of nitrogens with zero attached hydrogens (tertiary/aromatic N) is 2.